The van der Waals surface area contributed by atoms with Gasteiger partial charge in [0.25, 0.3) is 5.91 Å². The van der Waals surface area contributed by atoms with E-state index in [1.807, 2.05) is 4.90 Å². The van der Waals surface area contributed by atoms with E-state index in [1.165, 1.54) is 17.8 Å². The van der Waals surface area contributed by atoms with Crippen LogP contribution in [0.15, 0.2) is 5.38 Å². The molecule has 7 nitrogen and oxygen atoms in total. The lowest BCUT2D eigenvalue weighted by molar-refractivity contribution is -0.137. The van der Waals surface area contributed by atoms with Crippen LogP contribution in [0.4, 0.5) is 0 Å². The fourth-order valence-electron chi connectivity index (χ4n) is 3.43. The van der Waals surface area contributed by atoms with Gasteiger partial charge in [0, 0.05) is 51.8 Å². The topological polar surface area (TPSA) is 80.8 Å². The highest BCUT2D eigenvalue weighted by Crippen LogP contribution is 2.26. The number of carbonyl (C=O) groups is 2. The lowest BCUT2D eigenvalue weighted by Gasteiger charge is -2.28. The average Bonchev–Trinajstić information content (AvgIpc) is 3.19. The van der Waals surface area contributed by atoms with Gasteiger partial charge in [0.1, 0.15) is 10.7 Å². The standard InChI is InChI=1S/C20H33N3O4S/c1-26-12-6-10-21-19(24)17-15-28-18(22-17)14-23(11-7-13-27-2)20(25)16-8-4-3-5-9-16/h15-16H,3-14H2,1-2H3,(H,21,24). The van der Waals surface area contributed by atoms with Crippen molar-refractivity contribution in [2.24, 2.45) is 5.92 Å². The van der Waals surface area contributed by atoms with Crippen molar-refractivity contribution in [1.82, 2.24) is 15.2 Å². The molecule has 0 spiro atoms. The molecule has 0 aliphatic heterocycles. The Hall–Kier alpha value is -1.51. The lowest BCUT2D eigenvalue weighted by Crippen LogP contribution is -2.37. The van der Waals surface area contributed by atoms with Gasteiger partial charge in [0.05, 0.1) is 6.54 Å². The molecule has 1 fully saturated rings. The molecule has 2 rings (SSSR count). The highest BCUT2D eigenvalue weighted by molar-refractivity contribution is 7.09. The Kier molecular flexibility index (Phi) is 10.5. The van der Waals surface area contributed by atoms with Gasteiger partial charge in [-0.2, -0.15) is 0 Å². The van der Waals surface area contributed by atoms with Gasteiger partial charge in [-0.25, -0.2) is 4.98 Å². The quantitative estimate of drug-likeness (QED) is 0.535. The minimum Gasteiger partial charge on any atom is -0.385 e. The zero-order valence-corrected chi connectivity index (χ0v) is 17.9. The van der Waals surface area contributed by atoms with E-state index in [2.05, 4.69) is 10.3 Å². The molecule has 0 aromatic carbocycles. The molecule has 0 saturated heterocycles. The summed E-state index contributed by atoms with van der Waals surface area (Å²) in [6.45, 7) is 2.91. The Morgan fingerprint density at radius 3 is 2.61 bits per heavy atom. The second-order valence-electron chi connectivity index (χ2n) is 7.17. The van der Waals surface area contributed by atoms with Crippen LogP contribution in [0.2, 0.25) is 0 Å². The van der Waals surface area contributed by atoms with Crippen LogP contribution in [0.1, 0.15) is 60.4 Å². The third-order valence-electron chi connectivity index (χ3n) is 4.96. The van der Waals surface area contributed by atoms with E-state index in [0.29, 0.717) is 38.5 Å². The van der Waals surface area contributed by atoms with Crippen LogP contribution in [0.3, 0.4) is 0 Å². The first-order valence-electron chi connectivity index (χ1n) is 10.1. The van der Waals surface area contributed by atoms with Crippen molar-refractivity contribution in [3.63, 3.8) is 0 Å². The molecule has 8 heteroatoms. The molecule has 0 atom stereocenters. The molecule has 1 aromatic heterocycles. The summed E-state index contributed by atoms with van der Waals surface area (Å²) in [6, 6.07) is 0. The lowest BCUT2D eigenvalue weighted by atomic mass is 9.88. The third-order valence-corrected chi connectivity index (χ3v) is 5.80. The van der Waals surface area contributed by atoms with E-state index >= 15 is 0 Å². The number of thiazole rings is 1. The van der Waals surface area contributed by atoms with E-state index in [4.69, 9.17) is 9.47 Å². The third kappa shape index (κ3) is 7.48. The van der Waals surface area contributed by atoms with Crippen molar-refractivity contribution in [3.8, 4) is 0 Å². The number of amides is 2. The van der Waals surface area contributed by atoms with E-state index in [0.717, 1.165) is 43.5 Å². The first kappa shape index (κ1) is 22.8. The number of nitrogens with one attached hydrogen (secondary N) is 1. The molecule has 1 aliphatic rings. The number of aromatic nitrogens is 1. The smallest absolute Gasteiger partial charge is 0.270 e. The summed E-state index contributed by atoms with van der Waals surface area (Å²) in [6.07, 6.45) is 7.01. The molecule has 0 unspecified atom stereocenters. The highest BCUT2D eigenvalue weighted by Gasteiger charge is 2.26. The zero-order valence-electron chi connectivity index (χ0n) is 17.1. The Morgan fingerprint density at radius 2 is 1.89 bits per heavy atom. The maximum absolute atomic E-state index is 13.0. The maximum atomic E-state index is 13.0. The summed E-state index contributed by atoms with van der Waals surface area (Å²) in [4.78, 5) is 31.6. The van der Waals surface area contributed by atoms with E-state index in [1.54, 1.807) is 19.6 Å². The summed E-state index contributed by atoms with van der Waals surface area (Å²) < 4.78 is 10.1. The minimum atomic E-state index is -0.178. The number of carbonyl (C=O) groups excluding carboxylic acids is 2. The first-order chi connectivity index (χ1) is 13.7. The van der Waals surface area contributed by atoms with Crippen LogP contribution in [0.25, 0.3) is 0 Å². The molecular weight excluding hydrogens is 378 g/mol. The van der Waals surface area contributed by atoms with Crippen LogP contribution in [-0.2, 0) is 20.8 Å². The number of hydrogen-bond acceptors (Lipinski definition) is 6. The molecule has 28 heavy (non-hydrogen) atoms. The van der Waals surface area contributed by atoms with Gasteiger partial charge in [0.2, 0.25) is 5.91 Å². The van der Waals surface area contributed by atoms with Crippen molar-refractivity contribution in [2.75, 3.05) is 40.5 Å². The second-order valence-corrected chi connectivity index (χ2v) is 8.11. The van der Waals surface area contributed by atoms with Gasteiger partial charge in [-0.15, -0.1) is 11.3 Å². The molecule has 1 heterocycles. The van der Waals surface area contributed by atoms with E-state index < -0.39 is 0 Å². The molecule has 158 valence electrons. The SMILES string of the molecule is COCCCNC(=O)c1csc(CN(CCCOC)C(=O)C2CCCCC2)n1. The maximum Gasteiger partial charge on any atom is 0.270 e. The predicted octanol–water partition coefficient (Wildman–Crippen LogP) is 2.85. The molecular formula is C20H33N3O4S. The van der Waals surface area contributed by atoms with Crippen molar-refractivity contribution in [1.29, 1.82) is 0 Å². The average molecular weight is 412 g/mol. The Morgan fingerprint density at radius 1 is 1.18 bits per heavy atom. The number of hydrogen-bond donors (Lipinski definition) is 1. The Bertz CT molecular complexity index is 602. The van der Waals surface area contributed by atoms with Crippen LogP contribution < -0.4 is 5.32 Å². The van der Waals surface area contributed by atoms with Crippen LogP contribution in [0.5, 0.6) is 0 Å². The fraction of sp³-hybridized carbons (Fsp3) is 0.750. The van der Waals surface area contributed by atoms with E-state index in [-0.39, 0.29) is 17.7 Å². The van der Waals surface area contributed by atoms with Crippen molar-refractivity contribution in [3.05, 3.63) is 16.1 Å². The molecule has 1 N–H and O–H groups in total. The number of methoxy groups -OCH3 is 2. The first-order valence-corrected chi connectivity index (χ1v) is 11.0. The predicted molar refractivity (Wildman–Crippen MR) is 109 cm³/mol. The van der Waals surface area contributed by atoms with Gasteiger partial charge >= 0.3 is 0 Å². The van der Waals surface area contributed by atoms with Gasteiger partial charge in [-0.05, 0) is 25.7 Å². The number of nitrogens with zero attached hydrogens (tertiary/aromatic N) is 2. The normalized spacial score (nSPS) is 14.8. The molecule has 0 bridgehead atoms. The largest absolute Gasteiger partial charge is 0.385 e. The van der Waals surface area contributed by atoms with Crippen LogP contribution in [0, 0.1) is 5.92 Å². The van der Waals surface area contributed by atoms with Crippen LogP contribution >= 0.6 is 11.3 Å². The van der Waals surface area contributed by atoms with Gasteiger partial charge in [-0.1, -0.05) is 19.3 Å². The summed E-state index contributed by atoms with van der Waals surface area (Å²) in [5.74, 6) is 0.166. The second kappa shape index (κ2) is 12.9. The molecule has 1 aliphatic carbocycles. The number of rotatable bonds is 12. The Balaban J connectivity index is 1.93. The number of ether oxygens (including phenoxy) is 2. The highest BCUT2D eigenvalue weighted by atomic mass is 32.1. The minimum absolute atomic E-state index is 0.125. The molecule has 2 amide bonds. The van der Waals surface area contributed by atoms with Crippen molar-refractivity contribution >= 4 is 23.2 Å². The fourth-order valence-corrected chi connectivity index (χ4v) is 4.22. The van der Waals surface area contributed by atoms with Crippen LogP contribution in [-0.4, -0.2) is 62.2 Å². The molecule has 1 saturated carbocycles. The summed E-state index contributed by atoms with van der Waals surface area (Å²) in [7, 11) is 3.31. The monoisotopic (exact) mass is 411 g/mol. The van der Waals surface area contributed by atoms with Gasteiger partial charge in [0.15, 0.2) is 0 Å². The van der Waals surface area contributed by atoms with E-state index in [9.17, 15) is 9.59 Å². The molecule has 0 radical (unpaired) electrons. The van der Waals surface area contributed by atoms with Crippen molar-refractivity contribution in [2.45, 2.75) is 51.5 Å². The molecule has 1 aromatic rings. The summed E-state index contributed by atoms with van der Waals surface area (Å²) in [5.41, 5.74) is 0.416. The summed E-state index contributed by atoms with van der Waals surface area (Å²) >= 11 is 1.43. The van der Waals surface area contributed by atoms with Gasteiger partial charge < -0.3 is 19.7 Å². The van der Waals surface area contributed by atoms with Gasteiger partial charge in [-0.3, -0.25) is 9.59 Å². The van der Waals surface area contributed by atoms with Crippen molar-refractivity contribution < 1.29 is 19.1 Å². The Labute approximate surface area is 171 Å². The summed E-state index contributed by atoms with van der Waals surface area (Å²) in [5, 5.41) is 5.40. The zero-order chi connectivity index (χ0) is 20.2.